The van der Waals surface area contributed by atoms with Gasteiger partial charge in [-0.1, -0.05) is 130 Å². The molecule has 3 unspecified atom stereocenters. The molecule has 2 heterocycles. The molecule has 2 saturated heterocycles. The van der Waals surface area contributed by atoms with Gasteiger partial charge in [0, 0.05) is 37.1 Å². The van der Waals surface area contributed by atoms with E-state index in [9.17, 15) is 24.0 Å². The Balaban J connectivity index is 1.80. The molecule has 2 fully saturated rings. The maximum atomic E-state index is 12.8. The summed E-state index contributed by atoms with van der Waals surface area (Å²) in [5.74, 6) is 0.243. The average molecular weight is 953 g/mol. The van der Waals surface area contributed by atoms with Gasteiger partial charge in [-0.25, -0.2) is 4.79 Å². The first kappa shape index (κ1) is 59.5. The summed E-state index contributed by atoms with van der Waals surface area (Å²) in [6, 6.07) is 0.346. The number of unbranched alkanes of at least 4 members (excludes halogenated alkanes) is 18. The van der Waals surface area contributed by atoms with Gasteiger partial charge in [0.25, 0.3) is 0 Å². The van der Waals surface area contributed by atoms with Crippen LogP contribution in [0, 0.1) is 0 Å². The predicted octanol–water partition coefficient (Wildman–Crippen LogP) is 10.7. The fourth-order valence-corrected chi connectivity index (χ4v) is 10.1. The standard InChI is InChI=1S/C52H96N4O9S/c1-4-7-10-13-17-22-40-63-49(58)30-36-55(33-21-16-20-25-39-62-48(57)29-26-28-45-43-46-47(44-66-45)54-52(61)53-46)34-27-35-56(37-31-50(59)64-41-23-18-14-11-8-5-2)38-32-51(60)65-42-24-19-15-12-9-6-3/h45-47H,4-44H2,1-3H3,(H2,53,54,61). The first-order chi connectivity index (χ1) is 32.2. The van der Waals surface area contributed by atoms with Crippen molar-refractivity contribution in [1.82, 2.24) is 20.4 Å². The zero-order valence-electron chi connectivity index (χ0n) is 42.2. The normalized spacial score (nSPS) is 16.8. The largest absolute Gasteiger partial charge is 0.466 e. The monoisotopic (exact) mass is 953 g/mol. The van der Waals surface area contributed by atoms with Crippen LogP contribution in [-0.2, 0) is 38.1 Å². The van der Waals surface area contributed by atoms with Crippen molar-refractivity contribution in [2.24, 2.45) is 0 Å². The van der Waals surface area contributed by atoms with Crippen LogP contribution in [0.15, 0.2) is 0 Å². The van der Waals surface area contributed by atoms with E-state index in [1.54, 1.807) is 0 Å². The van der Waals surface area contributed by atoms with Crippen molar-refractivity contribution >= 4 is 41.7 Å². The van der Waals surface area contributed by atoms with Crippen LogP contribution in [0.2, 0.25) is 0 Å². The lowest BCUT2D eigenvalue weighted by atomic mass is 10.0. The lowest BCUT2D eigenvalue weighted by Gasteiger charge is -2.30. The molecular formula is C52H96N4O9S. The number of nitrogens with zero attached hydrogens (tertiary/aromatic N) is 2. The summed E-state index contributed by atoms with van der Waals surface area (Å²) in [6.45, 7) is 12.5. The Morgan fingerprint density at radius 1 is 0.455 bits per heavy atom. The Labute approximate surface area is 405 Å². The molecule has 384 valence electrons. The molecule has 2 rings (SSSR count). The molecule has 0 aromatic heterocycles. The van der Waals surface area contributed by atoms with E-state index in [1.807, 2.05) is 11.8 Å². The van der Waals surface area contributed by atoms with Crippen LogP contribution < -0.4 is 10.6 Å². The summed E-state index contributed by atoms with van der Waals surface area (Å²) in [4.78, 5) is 66.8. The molecule has 2 amide bonds. The Hall–Kier alpha value is -2.58. The second-order valence-electron chi connectivity index (χ2n) is 18.8. The van der Waals surface area contributed by atoms with Crippen molar-refractivity contribution in [2.75, 3.05) is 71.4 Å². The average Bonchev–Trinajstić information content (AvgIpc) is 3.69. The van der Waals surface area contributed by atoms with Crippen molar-refractivity contribution in [1.29, 1.82) is 0 Å². The molecule has 3 atom stereocenters. The SMILES string of the molecule is CCCCCCCCOC(=O)CCN(CCCCCCOC(=O)CCCC1CC2NC(=O)NC2CS1)CCCN(CCC(=O)OCCCCCCCC)CCC(=O)OCCCCCCCC. The van der Waals surface area contributed by atoms with Gasteiger partial charge in [0.15, 0.2) is 0 Å². The number of fused-ring (bicyclic) bond motifs is 1. The first-order valence-electron chi connectivity index (χ1n) is 27.0. The van der Waals surface area contributed by atoms with Crippen LogP contribution in [0.3, 0.4) is 0 Å². The summed E-state index contributed by atoms with van der Waals surface area (Å²) in [7, 11) is 0. The van der Waals surface area contributed by atoms with Gasteiger partial charge in [-0.3, -0.25) is 19.2 Å². The van der Waals surface area contributed by atoms with Crippen LogP contribution in [0.1, 0.15) is 213 Å². The summed E-state index contributed by atoms with van der Waals surface area (Å²) >= 11 is 1.89. The molecular weight excluding hydrogens is 857 g/mol. The number of urea groups is 1. The third-order valence-electron chi connectivity index (χ3n) is 12.8. The zero-order chi connectivity index (χ0) is 47.7. The molecule has 14 heteroatoms. The molecule has 2 aliphatic rings. The van der Waals surface area contributed by atoms with Gasteiger partial charge in [0.2, 0.25) is 0 Å². The molecule has 0 aromatic carbocycles. The highest BCUT2D eigenvalue weighted by molar-refractivity contribution is 8.00. The van der Waals surface area contributed by atoms with Crippen LogP contribution in [-0.4, -0.2) is 128 Å². The van der Waals surface area contributed by atoms with E-state index in [-0.39, 0.29) is 54.8 Å². The van der Waals surface area contributed by atoms with Gasteiger partial charge in [-0.05, 0) is 77.4 Å². The molecule has 0 aliphatic carbocycles. The topological polar surface area (TPSA) is 153 Å². The number of thioether (sulfide) groups is 1. The summed E-state index contributed by atoms with van der Waals surface area (Å²) in [5, 5.41) is 6.44. The lowest BCUT2D eigenvalue weighted by molar-refractivity contribution is -0.145. The van der Waals surface area contributed by atoms with Gasteiger partial charge in [0.1, 0.15) is 0 Å². The number of carbonyl (C=O) groups excluding carboxylic acids is 5. The molecule has 0 bridgehead atoms. The summed E-state index contributed by atoms with van der Waals surface area (Å²) < 4.78 is 22.3. The van der Waals surface area contributed by atoms with Crippen molar-refractivity contribution in [3.63, 3.8) is 0 Å². The van der Waals surface area contributed by atoms with Crippen molar-refractivity contribution in [3.05, 3.63) is 0 Å². The molecule has 13 nitrogen and oxygen atoms in total. The highest BCUT2D eigenvalue weighted by atomic mass is 32.2. The van der Waals surface area contributed by atoms with Gasteiger partial charge >= 0.3 is 29.9 Å². The highest BCUT2D eigenvalue weighted by Crippen LogP contribution is 2.31. The van der Waals surface area contributed by atoms with E-state index < -0.39 is 0 Å². The minimum absolute atomic E-state index is 0.0707. The van der Waals surface area contributed by atoms with Crippen LogP contribution in [0.5, 0.6) is 0 Å². The highest BCUT2D eigenvalue weighted by Gasteiger charge is 2.37. The van der Waals surface area contributed by atoms with Gasteiger partial charge in [-0.2, -0.15) is 11.8 Å². The molecule has 2 aliphatic heterocycles. The third kappa shape index (κ3) is 33.0. The minimum Gasteiger partial charge on any atom is -0.466 e. The summed E-state index contributed by atoms with van der Waals surface area (Å²) in [6.07, 6.45) is 29.1. The maximum Gasteiger partial charge on any atom is 0.315 e. The van der Waals surface area contributed by atoms with E-state index in [4.69, 9.17) is 18.9 Å². The molecule has 0 spiro atoms. The van der Waals surface area contributed by atoms with Gasteiger partial charge < -0.3 is 39.4 Å². The second kappa shape index (κ2) is 41.4. The number of hydrogen-bond acceptors (Lipinski definition) is 12. The number of carbonyl (C=O) groups is 5. The fourth-order valence-electron chi connectivity index (χ4n) is 8.63. The maximum absolute atomic E-state index is 12.8. The Morgan fingerprint density at radius 2 is 0.818 bits per heavy atom. The number of rotatable bonds is 45. The second-order valence-corrected chi connectivity index (χ2v) is 20.1. The molecule has 0 saturated carbocycles. The lowest BCUT2D eigenvalue weighted by Crippen LogP contribution is -2.42. The quantitative estimate of drug-likeness (QED) is 0.0339. The van der Waals surface area contributed by atoms with Crippen LogP contribution in [0.4, 0.5) is 4.79 Å². The van der Waals surface area contributed by atoms with E-state index in [2.05, 4.69) is 41.2 Å². The Bertz CT molecular complexity index is 1230. The number of hydrogen-bond donors (Lipinski definition) is 2. The van der Waals surface area contributed by atoms with Gasteiger partial charge in [0.05, 0.1) is 57.8 Å². The van der Waals surface area contributed by atoms with Crippen molar-refractivity contribution in [3.8, 4) is 0 Å². The van der Waals surface area contributed by atoms with Gasteiger partial charge in [-0.15, -0.1) is 0 Å². The first-order valence-corrected chi connectivity index (χ1v) is 28.0. The number of ether oxygens (including phenoxy) is 4. The van der Waals surface area contributed by atoms with Crippen molar-refractivity contribution < 1.29 is 42.9 Å². The number of amides is 2. The molecule has 0 aromatic rings. The Kier molecular flexibility index (Phi) is 37.3. The fraction of sp³-hybridized carbons (Fsp3) is 0.904. The summed E-state index contributed by atoms with van der Waals surface area (Å²) in [5.41, 5.74) is 0. The van der Waals surface area contributed by atoms with E-state index >= 15 is 0 Å². The zero-order valence-corrected chi connectivity index (χ0v) is 43.0. The predicted molar refractivity (Wildman–Crippen MR) is 268 cm³/mol. The van der Waals surface area contributed by atoms with E-state index in [0.29, 0.717) is 64.2 Å². The van der Waals surface area contributed by atoms with Crippen LogP contribution >= 0.6 is 11.8 Å². The molecule has 66 heavy (non-hydrogen) atoms. The third-order valence-corrected chi connectivity index (χ3v) is 14.3. The molecule has 2 N–H and O–H groups in total. The van der Waals surface area contributed by atoms with Crippen LogP contribution in [0.25, 0.3) is 0 Å². The smallest absolute Gasteiger partial charge is 0.315 e. The van der Waals surface area contributed by atoms with Crippen molar-refractivity contribution in [2.45, 2.75) is 231 Å². The Morgan fingerprint density at radius 3 is 1.27 bits per heavy atom. The number of nitrogens with one attached hydrogen (secondary N) is 2. The van der Waals surface area contributed by atoms with E-state index in [0.717, 1.165) is 115 Å². The van der Waals surface area contributed by atoms with E-state index in [1.165, 1.54) is 77.0 Å². The minimum atomic E-state index is -0.192. The molecule has 0 radical (unpaired) electrons. The number of esters is 4.